The van der Waals surface area contributed by atoms with Gasteiger partial charge in [0.15, 0.2) is 11.5 Å². The minimum absolute atomic E-state index is 0.0136. The van der Waals surface area contributed by atoms with Gasteiger partial charge in [-0.15, -0.1) is 0 Å². The molecule has 0 aromatic heterocycles. The van der Waals surface area contributed by atoms with Crippen LogP contribution < -0.4 is 25.4 Å². The van der Waals surface area contributed by atoms with Gasteiger partial charge in [0, 0.05) is 31.3 Å². The molecule has 0 saturated heterocycles. The van der Waals surface area contributed by atoms with Gasteiger partial charge in [-0.3, -0.25) is 19.7 Å². The highest BCUT2D eigenvalue weighted by Crippen LogP contribution is 2.37. The van der Waals surface area contributed by atoms with Crippen LogP contribution in [0.25, 0.3) is 12.2 Å². The minimum Gasteiger partial charge on any atom is -0.493 e. The summed E-state index contributed by atoms with van der Waals surface area (Å²) in [6, 6.07) is 9.44. The molecule has 3 N–H and O–H groups in total. The molecule has 0 aliphatic carbocycles. The second-order valence-electron chi connectivity index (χ2n) is 7.70. The number of amides is 2. The molecular formula is C25H28N4O6. The van der Waals surface area contributed by atoms with Crippen LogP contribution >= 0.6 is 0 Å². The number of nitro benzene ring substituents is 1. The molecule has 4 rings (SSSR count). The molecule has 2 aromatic carbocycles. The number of hydrogen-bond donors (Lipinski definition) is 3. The Labute approximate surface area is 203 Å². The normalized spacial score (nSPS) is 16.5. The Morgan fingerprint density at radius 3 is 2.03 bits per heavy atom. The first-order valence-electron chi connectivity index (χ1n) is 11.2. The number of methoxy groups -OCH3 is 1. The SMILES string of the molecule is COc1ccc2cc1Oc1ccc(cc1[N+](=O)[O-])C=CC(=O)NCCCNCCCNC(=O)/C=C\2. The maximum Gasteiger partial charge on any atom is 0.312 e. The monoisotopic (exact) mass is 480 g/mol. The van der Waals surface area contributed by atoms with Gasteiger partial charge in [-0.2, -0.15) is 0 Å². The lowest BCUT2D eigenvalue weighted by atomic mass is 10.1. The number of carbonyl (C=O) groups excluding carboxylic acids is 2. The summed E-state index contributed by atoms with van der Waals surface area (Å²) in [6.45, 7) is 2.48. The van der Waals surface area contributed by atoms with Crippen molar-refractivity contribution >= 4 is 29.7 Å². The van der Waals surface area contributed by atoms with Gasteiger partial charge >= 0.3 is 5.69 Å². The Morgan fingerprint density at radius 2 is 1.43 bits per heavy atom. The first-order valence-corrected chi connectivity index (χ1v) is 11.2. The third kappa shape index (κ3) is 7.97. The zero-order valence-corrected chi connectivity index (χ0v) is 19.4. The molecule has 0 radical (unpaired) electrons. The van der Waals surface area contributed by atoms with Gasteiger partial charge in [-0.25, -0.2) is 0 Å². The van der Waals surface area contributed by atoms with E-state index in [4.69, 9.17) is 9.47 Å². The van der Waals surface area contributed by atoms with E-state index < -0.39 is 4.92 Å². The minimum atomic E-state index is -0.554. The Balaban J connectivity index is 1.91. The second-order valence-corrected chi connectivity index (χ2v) is 7.70. The lowest BCUT2D eigenvalue weighted by Gasteiger charge is -2.12. The van der Waals surface area contributed by atoms with Crippen molar-refractivity contribution in [3.8, 4) is 17.2 Å². The average molecular weight is 481 g/mol. The summed E-state index contributed by atoms with van der Waals surface area (Å²) >= 11 is 0. The Hall–Kier alpha value is -4.18. The van der Waals surface area contributed by atoms with Gasteiger partial charge in [0.2, 0.25) is 17.6 Å². The van der Waals surface area contributed by atoms with Gasteiger partial charge < -0.3 is 25.4 Å². The van der Waals surface area contributed by atoms with E-state index in [0.29, 0.717) is 30.0 Å². The van der Waals surface area contributed by atoms with Crippen molar-refractivity contribution in [1.82, 2.24) is 16.0 Å². The fourth-order valence-corrected chi connectivity index (χ4v) is 3.30. The molecule has 10 nitrogen and oxygen atoms in total. The number of nitro groups is 1. The zero-order valence-electron chi connectivity index (χ0n) is 19.4. The number of nitrogens with one attached hydrogen (secondary N) is 3. The van der Waals surface area contributed by atoms with Crippen molar-refractivity contribution in [2.75, 3.05) is 33.3 Å². The molecule has 2 heterocycles. The molecule has 0 spiro atoms. The predicted octanol–water partition coefficient (Wildman–Crippen LogP) is 3.04. The molecule has 10 heteroatoms. The molecule has 35 heavy (non-hydrogen) atoms. The summed E-state index contributed by atoms with van der Waals surface area (Å²) in [5.41, 5.74) is 0.873. The molecule has 2 aromatic rings. The number of carbonyl (C=O) groups is 2. The summed E-state index contributed by atoms with van der Waals surface area (Å²) in [5.74, 6) is 0.121. The highest BCUT2D eigenvalue weighted by molar-refractivity contribution is 5.92. The number of hydrogen-bond acceptors (Lipinski definition) is 7. The lowest BCUT2D eigenvalue weighted by Crippen LogP contribution is -2.28. The van der Waals surface area contributed by atoms with Crippen molar-refractivity contribution in [1.29, 1.82) is 0 Å². The number of rotatable bonds is 2. The molecule has 0 atom stereocenters. The van der Waals surface area contributed by atoms with E-state index in [9.17, 15) is 19.7 Å². The molecule has 2 amide bonds. The van der Waals surface area contributed by atoms with E-state index in [1.165, 1.54) is 37.5 Å². The summed E-state index contributed by atoms with van der Waals surface area (Å²) in [4.78, 5) is 35.3. The van der Waals surface area contributed by atoms with Crippen LogP contribution in [-0.2, 0) is 9.59 Å². The first kappa shape index (κ1) is 25.4. The van der Waals surface area contributed by atoms with E-state index in [2.05, 4.69) is 16.0 Å². The largest absolute Gasteiger partial charge is 0.493 e. The molecule has 4 bridgehead atoms. The van der Waals surface area contributed by atoms with Crippen LogP contribution in [0.5, 0.6) is 17.2 Å². The molecule has 2 aliphatic heterocycles. The fourth-order valence-electron chi connectivity index (χ4n) is 3.30. The predicted molar refractivity (Wildman–Crippen MR) is 132 cm³/mol. The summed E-state index contributed by atoms with van der Waals surface area (Å²) in [7, 11) is 1.46. The van der Waals surface area contributed by atoms with Crippen molar-refractivity contribution in [3.63, 3.8) is 0 Å². The van der Waals surface area contributed by atoms with Crippen molar-refractivity contribution in [2.45, 2.75) is 12.8 Å². The van der Waals surface area contributed by atoms with Crippen LogP contribution in [0.2, 0.25) is 0 Å². The lowest BCUT2D eigenvalue weighted by molar-refractivity contribution is -0.385. The Kier molecular flexibility index (Phi) is 9.38. The van der Waals surface area contributed by atoms with Crippen molar-refractivity contribution in [3.05, 3.63) is 69.8 Å². The van der Waals surface area contributed by atoms with Crippen LogP contribution in [0.3, 0.4) is 0 Å². The highest BCUT2D eigenvalue weighted by atomic mass is 16.6. The van der Waals surface area contributed by atoms with Gasteiger partial charge in [0.05, 0.1) is 12.0 Å². The van der Waals surface area contributed by atoms with Crippen molar-refractivity contribution in [2.24, 2.45) is 0 Å². The molecule has 0 fully saturated rings. The van der Waals surface area contributed by atoms with Gasteiger partial charge in [-0.05, 0) is 67.4 Å². The molecule has 184 valence electrons. The Morgan fingerprint density at radius 1 is 0.829 bits per heavy atom. The summed E-state index contributed by atoms with van der Waals surface area (Å²) in [5, 5.41) is 20.6. The van der Waals surface area contributed by atoms with Crippen LogP contribution in [-0.4, -0.2) is 50.0 Å². The Bertz CT molecular complexity index is 1130. The van der Waals surface area contributed by atoms with Gasteiger partial charge in [0.1, 0.15) is 0 Å². The van der Waals surface area contributed by atoms with Crippen LogP contribution in [0, 0.1) is 10.1 Å². The van der Waals surface area contributed by atoms with Crippen LogP contribution in [0.4, 0.5) is 5.69 Å². The van der Waals surface area contributed by atoms with E-state index in [1.807, 2.05) is 0 Å². The fraction of sp³-hybridized carbons (Fsp3) is 0.280. The maximum atomic E-state index is 12.1. The quantitative estimate of drug-likeness (QED) is 0.445. The highest BCUT2D eigenvalue weighted by Gasteiger charge is 2.18. The smallest absolute Gasteiger partial charge is 0.312 e. The van der Waals surface area contributed by atoms with Gasteiger partial charge in [0.25, 0.3) is 0 Å². The zero-order chi connectivity index (χ0) is 25.0. The third-order valence-corrected chi connectivity index (χ3v) is 5.10. The first-order chi connectivity index (χ1) is 17.0. The second kappa shape index (κ2) is 12.9. The van der Waals surface area contributed by atoms with E-state index in [0.717, 1.165) is 25.9 Å². The molecule has 2 aliphatic rings. The molecular weight excluding hydrogens is 452 g/mol. The number of nitrogens with zero attached hydrogens (tertiary/aromatic N) is 1. The standard InChI is InChI=1S/C25H28N4O6/c1-34-22-9-5-19-7-11-25(31)28-15-3-13-26-12-2-14-27-24(30)10-6-18-4-8-21(35-23(22)17-19)20(16-18)29(32)33/h4-11,16-17,26H,2-3,12-15H2,1H3,(H,27,30)(H,28,31)/b10-6?,11-7-. The van der Waals surface area contributed by atoms with Crippen LogP contribution in [0.15, 0.2) is 48.6 Å². The topological polar surface area (TPSA) is 132 Å². The van der Waals surface area contributed by atoms with Crippen LogP contribution in [0.1, 0.15) is 24.0 Å². The summed E-state index contributed by atoms with van der Waals surface area (Å²) in [6.07, 6.45) is 7.40. The molecule has 0 saturated carbocycles. The maximum absolute atomic E-state index is 12.1. The van der Waals surface area contributed by atoms with E-state index >= 15 is 0 Å². The van der Waals surface area contributed by atoms with E-state index in [1.54, 1.807) is 30.3 Å². The number of ether oxygens (including phenoxy) is 2. The molecule has 0 unspecified atom stereocenters. The number of benzene rings is 2. The summed E-state index contributed by atoms with van der Waals surface area (Å²) < 4.78 is 11.2. The van der Waals surface area contributed by atoms with Gasteiger partial charge in [-0.1, -0.05) is 12.1 Å². The van der Waals surface area contributed by atoms with Crippen molar-refractivity contribution < 1.29 is 24.0 Å². The average Bonchev–Trinajstić information content (AvgIpc) is 2.85. The number of fused-ring (bicyclic) bond motifs is 14. The third-order valence-electron chi connectivity index (χ3n) is 5.10. The van der Waals surface area contributed by atoms with E-state index in [-0.39, 0.29) is 29.0 Å².